The van der Waals surface area contributed by atoms with Crippen LogP contribution in [0.3, 0.4) is 0 Å². The molecule has 0 aliphatic heterocycles. The van der Waals surface area contributed by atoms with Crippen LogP contribution in [0.1, 0.15) is 30.9 Å². The van der Waals surface area contributed by atoms with Gasteiger partial charge in [0.05, 0.1) is 11.9 Å². The summed E-state index contributed by atoms with van der Waals surface area (Å²) in [5.74, 6) is 6.99. The molecular formula is C11H16N4O. The Morgan fingerprint density at radius 1 is 1.62 bits per heavy atom. The normalized spacial score (nSPS) is 27.8. The van der Waals surface area contributed by atoms with Crippen LogP contribution in [0.2, 0.25) is 0 Å². The van der Waals surface area contributed by atoms with Crippen molar-refractivity contribution in [2.75, 3.05) is 12.4 Å². The third-order valence-electron chi connectivity index (χ3n) is 3.47. The summed E-state index contributed by atoms with van der Waals surface area (Å²) in [4.78, 5) is 15.7. The lowest BCUT2D eigenvalue weighted by molar-refractivity contribution is -0.122. The van der Waals surface area contributed by atoms with E-state index in [0.29, 0.717) is 0 Å². The minimum absolute atomic E-state index is 0.109. The summed E-state index contributed by atoms with van der Waals surface area (Å²) in [7, 11) is 0. The highest BCUT2D eigenvalue weighted by Crippen LogP contribution is 2.47. The third-order valence-corrected chi connectivity index (χ3v) is 3.47. The average molecular weight is 220 g/mol. The zero-order valence-corrected chi connectivity index (χ0v) is 9.10. The molecule has 1 amide bonds. The van der Waals surface area contributed by atoms with Crippen molar-refractivity contribution in [1.29, 1.82) is 0 Å². The molecule has 5 nitrogen and oxygen atoms in total. The van der Waals surface area contributed by atoms with Crippen molar-refractivity contribution in [3.05, 3.63) is 18.2 Å². The van der Waals surface area contributed by atoms with Gasteiger partial charge in [0.1, 0.15) is 6.33 Å². The second kappa shape index (κ2) is 3.50. The summed E-state index contributed by atoms with van der Waals surface area (Å²) >= 11 is 0. The highest BCUT2D eigenvalue weighted by atomic mass is 16.2. The van der Waals surface area contributed by atoms with Crippen molar-refractivity contribution in [2.24, 2.45) is 11.8 Å². The van der Waals surface area contributed by atoms with Crippen LogP contribution in [0, 0.1) is 11.8 Å². The lowest BCUT2D eigenvalue weighted by Gasteiger charge is -2.03. The van der Waals surface area contributed by atoms with Gasteiger partial charge in [0.15, 0.2) is 0 Å². The lowest BCUT2D eigenvalue weighted by Crippen LogP contribution is -2.27. The maximum atomic E-state index is 11.8. The zero-order valence-electron chi connectivity index (χ0n) is 9.10. The van der Waals surface area contributed by atoms with Crippen LogP contribution in [-0.4, -0.2) is 22.1 Å². The predicted molar refractivity (Wildman–Crippen MR) is 59.0 cm³/mol. The van der Waals surface area contributed by atoms with E-state index in [2.05, 4.69) is 10.3 Å². The zero-order chi connectivity index (χ0) is 11.1. The van der Waals surface area contributed by atoms with Gasteiger partial charge in [-0.3, -0.25) is 9.47 Å². The molecule has 16 heavy (non-hydrogen) atoms. The molecule has 2 aliphatic carbocycles. The minimum atomic E-state index is 0.109. The molecule has 0 unspecified atom stereocenters. The molecule has 5 heteroatoms. The van der Waals surface area contributed by atoms with Crippen LogP contribution in [-0.2, 0) is 4.79 Å². The highest BCUT2D eigenvalue weighted by Gasteiger charge is 2.45. The molecule has 0 radical (unpaired) electrons. The van der Waals surface area contributed by atoms with Crippen LogP contribution in [0.4, 0.5) is 0 Å². The van der Waals surface area contributed by atoms with Crippen molar-refractivity contribution < 1.29 is 4.79 Å². The van der Waals surface area contributed by atoms with Crippen LogP contribution >= 0.6 is 0 Å². The number of nitrogens with one attached hydrogen (secondary N) is 1. The number of carbonyl (C=O) groups excluding carboxylic acids is 1. The van der Waals surface area contributed by atoms with Crippen molar-refractivity contribution in [2.45, 2.75) is 25.2 Å². The Bertz CT molecular complexity index is 410. The molecule has 2 atom stereocenters. The molecule has 2 fully saturated rings. The molecule has 0 spiro atoms. The first-order chi connectivity index (χ1) is 7.75. The first-order valence-corrected chi connectivity index (χ1v) is 5.80. The Kier molecular flexibility index (Phi) is 2.12. The SMILES string of the molecule is Nn1cncc1[C@@H]1C[C@H]1C(=O)NCC1CC1. The number of aromatic nitrogens is 2. The lowest BCUT2D eigenvalue weighted by atomic mass is 10.2. The maximum absolute atomic E-state index is 11.8. The van der Waals surface area contributed by atoms with Gasteiger partial charge >= 0.3 is 0 Å². The number of imidazole rings is 1. The van der Waals surface area contributed by atoms with Gasteiger partial charge in [-0.1, -0.05) is 0 Å². The summed E-state index contributed by atoms with van der Waals surface area (Å²) in [6.07, 6.45) is 6.76. The molecule has 3 N–H and O–H groups in total. The van der Waals surface area contributed by atoms with E-state index in [4.69, 9.17) is 5.84 Å². The smallest absolute Gasteiger partial charge is 0.223 e. The Morgan fingerprint density at radius 2 is 2.44 bits per heavy atom. The number of hydrogen-bond donors (Lipinski definition) is 2. The largest absolute Gasteiger partial charge is 0.356 e. The summed E-state index contributed by atoms with van der Waals surface area (Å²) < 4.78 is 1.51. The number of nitrogen functional groups attached to an aromatic ring is 1. The van der Waals surface area contributed by atoms with Crippen LogP contribution in [0.25, 0.3) is 0 Å². The molecule has 1 aromatic rings. The molecule has 86 valence electrons. The van der Waals surface area contributed by atoms with Crippen LogP contribution in [0.5, 0.6) is 0 Å². The minimum Gasteiger partial charge on any atom is -0.356 e. The van der Waals surface area contributed by atoms with Gasteiger partial charge in [-0.25, -0.2) is 4.98 Å². The van der Waals surface area contributed by atoms with Crippen molar-refractivity contribution in [3.63, 3.8) is 0 Å². The monoisotopic (exact) mass is 220 g/mol. The number of nitrogens with two attached hydrogens (primary N) is 1. The van der Waals surface area contributed by atoms with Gasteiger partial charge in [0, 0.05) is 18.4 Å². The van der Waals surface area contributed by atoms with Crippen molar-refractivity contribution >= 4 is 5.91 Å². The van der Waals surface area contributed by atoms with Gasteiger partial charge in [-0.2, -0.15) is 0 Å². The maximum Gasteiger partial charge on any atom is 0.223 e. The van der Waals surface area contributed by atoms with E-state index in [1.54, 1.807) is 12.5 Å². The number of carbonyl (C=O) groups is 1. The van der Waals surface area contributed by atoms with E-state index in [9.17, 15) is 4.79 Å². The van der Waals surface area contributed by atoms with E-state index in [0.717, 1.165) is 24.6 Å². The van der Waals surface area contributed by atoms with Gasteiger partial charge in [-0.05, 0) is 25.2 Å². The first-order valence-electron chi connectivity index (χ1n) is 5.80. The van der Waals surface area contributed by atoms with E-state index < -0.39 is 0 Å². The summed E-state index contributed by atoms with van der Waals surface area (Å²) in [5, 5.41) is 3.01. The fourth-order valence-corrected chi connectivity index (χ4v) is 2.11. The fourth-order valence-electron chi connectivity index (χ4n) is 2.11. The molecule has 0 saturated heterocycles. The summed E-state index contributed by atoms with van der Waals surface area (Å²) in [6, 6.07) is 0. The quantitative estimate of drug-likeness (QED) is 0.713. The molecule has 1 aromatic heterocycles. The molecule has 2 aliphatic rings. The first kappa shape index (κ1) is 9.69. The fraction of sp³-hybridized carbons (Fsp3) is 0.636. The average Bonchev–Trinajstić information content (AvgIpc) is 3.17. The highest BCUT2D eigenvalue weighted by molar-refractivity contribution is 5.82. The van der Waals surface area contributed by atoms with Crippen molar-refractivity contribution in [3.8, 4) is 0 Å². The second-order valence-electron chi connectivity index (χ2n) is 4.86. The van der Waals surface area contributed by atoms with Gasteiger partial charge in [0.2, 0.25) is 5.91 Å². The van der Waals surface area contributed by atoms with Crippen molar-refractivity contribution in [1.82, 2.24) is 15.0 Å². The van der Waals surface area contributed by atoms with E-state index in [-0.39, 0.29) is 17.7 Å². The summed E-state index contributed by atoms with van der Waals surface area (Å²) in [6.45, 7) is 0.851. The molecule has 2 saturated carbocycles. The Labute approximate surface area is 94.0 Å². The standard InChI is InChI=1S/C11H16N4O/c12-15-6-13-5-10(15)8-3-9(8)11(16)14-4-7-1-2-7/h5-9H,1-4,12H2,(H,14,16)/t8-,9-/m1/s1. The second-order valence-corrected chi connectivity index (χ2v) is 4.86. The Balaban J connectivity index is 1.54. The van der Waals surface area contributed by atoms with Gasteiger partial charge in [-0.15, -0.1) is 0 Å². The number of amides is 1. The van der Waals surface area contributed by atoms with Gasteiger partial charge < -0.3 is 11.2 Å². The van der Waals surface area contributed by atoms with E-state index >= 15 is 0 Å². The topological polar surface area (TPSA) is 72.9 Å². The molecule has 0 aromatic carbocycles. The molecular weight excluding hydrogens is 204 g/mol. The third kappa shape index (κ3) is 1.77. The molecule has 1 heterocycles. The summed E-state index contributed by atoms with van der Waals surface area (Å²) in [5.41, 5.74) is 0.964. The number of hydrogen-bond acceptors (Lipinski definition) is 3. The van der Waals surface area contributed by atoms with Crippen LogP contribution < -0.4 is 11.2 Å². The Morgan fingerprint density at radius 3 is 3.06 bits per heavy atom. The van der Waals surface area contributed by atoms with Crippen LogP contribution in [0.15, 0.2) is 12.5 Å². The van der Waals surface area contributed by atoms with E-state index in [1.807, 2.05) is 0 Å². The van der Waals surface area contributed by atoms with E-state index in [1.165, 1.54) is 17.5 Å². The molecule has 0 bridgehead atoms. The van der Waals surface area contributed by atoms with Gasteiger partial charge in [0.25, 0.3) is 0 Å². The number of nitrogens with zero attached hydrogens (tertiary/aromatic N) is 2. The Hall–Kier alpha value is -1.52. The predicted octanol–water partition coefficient (Wildman–Crippen LogP) is 0.227. The number of rotatable bonds is 4. The molecule has 3 rings (SSSR count).